The lowest BCUT2D eigenvalue weighted by Crippen LogP contribution is -2.14. The Morgan fingerprint density at radius 3 is 2.61 bits per heavy atom. The second kappa shape index (κ2) is 9.11. The van der Waals surface area contributed by atoms with Gasteiger partial charge in [-0.05, 0) is 42.2 Å². The second-order valence-electron chi connectivity index (χ2n) is 4.73. The molecule has 0 aliphatic carbocycles. The lowest BCUT2D eigenvalue weighted by atomic mass is 10.2. The summed E-state index contributed by atoms with van der Waals surface area (Å²) in [5.74, 6) is 1.70. The number of hydrogen-bond acceptors (Lipinski definition) is 4. The fraction of sp³-hybridized carbons (Fsp3) is 0.235. The number of nitrogens with one attached hydrogen (secondary N) is 1. The minimum atomic E-state index is -0.0729. The van der Waals surface area contributed by atoms with Crippen LogP contribution in [0.3, 0.4) is 0 Å². The zero-order chi connectivity index (χ0) is 16.7. The largest absolute Gasteiger partial charge is 0.495 e. The first-order chi connectivity index (χ1) is 11.1. The Balaban J connectivity index is 1.84. The van der Waals surface area contributed by atoms with E-state index in [-0.39, 0.29) is 5.91 Å². The van der Waals surface area contributed by atoms with E-state index in [1.54, 1.807) is 48.8 Å². The topological polar surface area (TPSA) is 38.3 Å². The van der Waals surface area contributed by atoms with Gasteiger partial charge in [0, 0.05) is 15.7 Å². The second-order valence-corrected chi connectivity index (χ2v) is 7.04. The first-order valence-corrected chi connectivity index (χ1v) is 9.72. The fourth-order valence-corrected chi connectivity index (χ4v) is 3.32. The van der Waals surface area contributed by atoms with Gasteiger partial charge in [0.25, 0.3) is 0 Å². The molecule has 6 heteroatoms. The molecule has 0 fully saturated rings. The SMILES string of the molecule is COc1ccc(Cl)cc1NC(=O)CSCc1ccc(SC)cc1. The molecule has 23 heavy (non-hydrogen) atoms. The summed E-state index contributed by atoms with van der Waals surface area (Å²) in [4.78, 5) is 13.3. The van der Waals surface area contributed by atoms with Crippen molar-refractivity contribution in [2.75, 3.05) is 24.4 Å². The molecule has 0 unspecified atom stereocenters. The Bertz CT molecular complexity index is 662. The van der Waals surface area contributed by atoms with Gasteiger partial charge in [0.2, 0.25) is 5.91 Å². The van der Waals surface area contributed by atoms with E-state index in [2.05, 4.69) is 35.8 Å². The number of amides is 1. The zero-order valence-electron chi connectivity index (χ0n) is 13.0. The number of ether oxygens (including phenoxy) is 1. The number of carbonyl (C=O) groups is 1. The summed E-state index contributed by atoms with van der Waals surface area (Å²) in [6, 6.07) is 13.5. The number of benzene rings is 2. The molecule has 0 atom stereocenters. The van der Waals surface area contributed by atoms with Crippen LogP contribution in [-0.2, 0) is 10.5 Å². The van der Waals surface area contributed by atoms with E-state index < -0.39 is 0 Å². The van der Waals surface area contributed by atoms with E-state index >= 15 is 0 Å². The van der Waals surface area contributed by atoms with Crippen LogP contribution in [-0.4, -0.2) is 25.0 Å². The first-order valence-electron chi connectivity index (χ1n) is 6.96. The summed E-state index contributed by atoms with van der Waals surface area (Å²) in [6.45, 7) is 0. The molecule has 2 aromatic rings. The number of carbonyl (C=O) groups excluding carboxylic acids is 1. The maximum atomic E-state index is 12.0. The minimum absolute atomic E-state index is 0.0729. The number of rotatable bonds is 7. The maximum absolute atomic E-state index is 12.0. The van der Waals surface area contributed by atoms with Crippen molar-refractivity contribution < 1.29 is 9.53 Å². The van der Waals surface area contributed by atoms with Crippen molar-refractivity contribution in [2.45, 2.75) is 10.6 Å². The standard InChI is InChI=1S/C17H18ClNO2S2/c1-21-16-8-5-13(18)9-15(16)19-17(20)11-23-10-12-3-6-14(22-2)7-4-12/h3-9H,10-11H2,1-2H3,(H,19,20). The number of halogens is 1. The Labute approximate surface area is 150 Å². The van der Waals surface area contributed by atoms with Crippen LogP contribution in [0.15, 0.2) is 47.4 Å². The van der Waals surface area contributed by atoms with Crippen LogP contribution in [0.25, 0.3) is 0 Å². The molecule has 2 rings (SSSR count). The molecular weight excluding hydrogens is 350 g/mol. The van der Waals surface area contributed by atoms with Gasteiger partial charge in [0.15, 0.2) is 0 Å². The van der Waals surface area contributed by atoms with Crippen LogP contribution in [0.4, 0.5) is 5.69 Å². The third-order valence-corrected chi connectivity index (χ3v) is 5.08. The lowest BCUT2D eigenvalue weighted by Gasteiger charge is -2.10. The Kier molecular flexibility index (Phi) is 7.15. The molecule has 1 amide bonds. The summed E-state index contributed by atoms with van der Waals surface area (Å²) < 4.78 is 5.21. The van der Waals surface area contributed by atoms with E-state index in [0.717, 1.165) is 5.75 Å². The molecule has 0 radical (unpaired) electrons. The van der Waals surface area contributed by atoms with E-state index in [4.69, 9.17) is 16.3 Å². The van der Waals surface area contributed by atoms with Gasteiger partial charge < -0.3 is 10.1 Å². The third-order valence-electron chi connectivity index (χ3n) is 3.10. The Morgan fingerprint density at radius 2 is 1.96 bits per heavy atom. The number of thioether (sulfide) groups is 2. The normalized spacial score (nSPS) is 10.4. The molecule has 1 N–H and O–H groups in total. The van der Waals surface area contributed by atoms with Crippen molar-refractivity contribution in [1.29, 1.82) is 0 Å². The Morgan fingerprint density at radius 1 is 1.22 bits per heavy atom. The summed E-state index contributed by atoms with van der Waals surface area (Å²) in [5.41, 5.74) is 1.80. The highest BCUT2D eigenvalue weighted by atomic mass is 35.5. The van der Waals surface area contributed by atoms with Crippen molar-refractivity contribution >= 4 is 46.7 Å². The number of hydrogen-bond donors (Lipinski definition) is 1. The predicted molar refractivity (Wildman–Crippen MR) is 101 cm³/mol. The molecule has 0 heterocycles. The third kappa shape index (κ3) is 5.68. The summed E-state index contributed by atoms with van der Waals surface area (Å²) in [5, 5.41) is 3.39. The zero-order valence-corrected chi connectivity index (χ0v) is 15.4. The van der Waals surface area contributed by atoms with Gasteiger partial charge in [-0.15, -0.1) is 23.5 Å². The average Bonchev–Trinajstić information content (AvgIpc) is 2.56. The molecule has 0 bridgehead atoms. The highest BCUT2D eigenvalue weighted by molar-refractivity contribution is 7.99. The van der Waals surface area contributed by atoms with Crippen LogP contribution < -0.4 is 10.1 Å². The molecule has 0 aromatic heterocycles. The number of methoxy groups -OCH3 is 1. The minimum Gasteiger partial charge on any atom is -0.495 e. The van der Waals surface area contributed by atoms with Crippen molar-refractivity contribution in [3.8, 4) is 5.75 Å². The smallest absolute Gasteiger partial charge is 0.234 e. The molecule has 2 aromatic carbocycles. The molecule has 3 nitrogen and oxygen atoms in total. The quantitative estimate of drug-likeness (QED) is 0.703. The van der Waals surface area contributed by atoms with E-state index in [1.165, 1.54) is 10.5 Å². The monoisotopic (exact) mass is 367 g/mol. The van der Waals surface area contributed by atoms with Crippen LogP contribution in [0.5, 0.6) is 5.75 Å². The average molecular weight is 368 g/mol. The first kappa shape index (κ1) is 18.0. The molecule has 122 valence electrons. The van der Waals surface area contributed by atoms with E-state index in [9.17, 15) is 4.79 Å². The number of anilines is 1. The maximum Gasteiger partial charge on any atom is 0.234 e. The van der Waals surface area contributed by atoms with Crippen LogP contribution >= 0.6 is 35.1 Å². The summed E-state index contributed by atoms with van der Waals surface area (Å²) in [7, 11) is 1.56. The molecular formula is C17H18ClNO2S2. The lowest BCUT2D eigenvalue weighted by molar-refractivity contribution is -0.113. The van der Waals surface area contributed by atoms with Gasteiger partial charge in [-0.3, -0.25) is 4.79 Å². The van der Waals surface area contributed by atoms with Gasteiger partial charge in [-0.1, -0.05) is 23.7 Å². The molecule has 0 aliphatic heterocycles. The molecule has 0 saturated heterocycles. The molecule has 0 saturated carbocycles. The Hall–Kier alpha value is -1.30. The van der Waals surface area contributed by atoms with Crippen LogP contribution in [0.2, 0.25) is 5.02 Å². The van der Waals surface area contributed by atoms with Crippen molar-refractivity contribution in [3.05, 3.63) is 53.1 Å². The van der Waals surface area contributed by atoms with Crippen molar-refractivity contribution in [3.63, 3.8) is 0 Å². The van der Waals surface area contributed by atoms with Crippen LogP contribution in [0, 0.1) is 0 Å². The van der Waals surface area contributed by atoms with E-state index in [0.29, 0.717) is 22.2 Å². The molecule has 0 aliphatic rings. The fourth-order valence-electron chi connectivity index (χ4n) is 1.95. The van der Waals surface area contributed by atoms with E-state index in [1.807, 2.05) is 0 Å². The molecule has 0 spiro atoms. The van der Waals surface area contributed by atoms with Gasteiger partial charge in [0.1, 0.15) is 5.75 Å². The highest BCUT2D eigenvalue weighted by Crippen LogP contribution is 2.28. The summed E-state index contributed by atoms with van der Waals surface area (Å²) >= 11 is 9.24. The van der Waals surface area contributed by atoms with Crippen molar-refractivity contribution in [2.24, 2.45) is 0 Å². The van der Waals surface area contributed by atoms with Gasteiger partial charge in [-0.25, -0.2) is 0 Å². The van der Waals surface area contributed by atoms with Gasteiger partial charge >= 0.3 is 0 Å². The summed E-state index contributed by atoms with van der Waals surface area (Å²) in [6.07, 6.45) is 2.05. The van der Waals surface area contributed by atoms with Crippen molar-refractivity contribution in [1.82, 2.24) is 0 Å². The highest BCUT2D eigenvalue weighted by Gasteiger charge is 2.08. The van der Waals surface area contributed by atoms with Gasteiger partial charge in [0.05, 0.1) is 18.6 Å². The van der Waals surface area contributed by atoms with Crippen LogP contribution in [0.1, 0.15) is 5.56 Å². The predicted octanol–water partition coefficient (Wildman–Crippen LogP) is 4.94. The van der Waals surface area contributed by atoms with Gasteiger partial charge in [-0.2, -0.15) is 0 Å².